The Morgan fingerprint density at radius 1 is 1.21 bits per heavy atom. The number of pyridine rings is 1. The van der Waals surface area contributed by atoms with E-state index in [0.717, 1.165) is 25.1 Å². The second kappa shape index (κ2) is 9.41. The number of likely N-dealkylation sites (tertiary alicyclic amines) is 1. The average Bonchev–Trinajstić information content (AvgIpc) is 2.67. The predicted octanol–water partition coefficient (Wildman–Crippen LogP) is 2.50. The summed E-state index contributed by atoms with van der Waals surface area (Å²) in [4.78, 5) is 31.0. The maximum atomic E-state index is 13.6. The van der Waals surface area contributed by atoms with Crippen LogP contribution in [0.25, 0.3) is 0 Å². The molecule has 2 aromatic rings. The number of benzene rings is 1. The number of piperidine rings is 1. The number of anilines is 1. The summed E-state index contributed by atoms with van der Waals surface area (Å²) in [5.74, 6) is -0.221. The maximum Gasteiger partial charge on any atom is 0.234 e. The molecule has 1 unspecified atom stereocenters. The van der Waals surface area contributed by atoms with Crippen molar-refractivity contribution >= 4 is 17.6 Å². The molecule has 3 rings (SSSR count). The lowest BCUT2D eigenvalue weighted by atomic mass is 9.97. The number of nitrogens with zero attached hydrogens (tertiary/aromatic N) is 2. The van der Waals surface area contributed by atoms with Crippen molar-refractivity contribution in [2.45, 2.75) is 26.3 Å². The first-order valence-corrected chi connectivity index (χ1v) is 9.48. The summed E-state index contributed by atoms with van der Waals surface area (Å²) in [7, 11) is 0. The molecule has 1 aliphatic rings. The van der Waals surface area contributed by atoms with Crippen molar-refractivity contribution in [2.75, 3.05) is 25.0 Å². The molecule has 0 bridgehead atoms. The van der Waals surface area contributed by atoms with E-state index in [9.17, 15) is 14.0 Å². The van der Waals surface area contributed by atoms with E-state index in [0.29, 0.717) is 17.9 Å². The molecule has 0 saturated carbocycles. The molecule has 28 heavy (non-hydrogen) atoms. The number of aromatic nitrogens is 1. The van der Waals surface area contributed by atoms with Crippen LogP contribution in [0.1, 0.15) is 24.1 Å². The van der Waals surface area contributed by atoms with E-state index >= 15 is 0 Å². The lowest BCUT2D eigenvalue weighted by molar-refractivity contribution is -0.125. The van der Waals surface area contributed by atoms with Crippen LogP contribution in [0.5, 0.6) is 0 Å². The minimum atomic E-state index is -0.331. The quantitative estimate of drug-likeness (QED) is 0.803. The first-order chi connectivity index (χ1) is 13.5. The molecule has 1 aromatic carbocycles. The van der Waals surface area contributed by atoms with E-state index in [1.165, 1.54) is 6.07 Å². The summed E-state index contributed by atoms with van der Waals surface area (Å²) in [5.41, 5.74) is 1.30. The highest BCUT2D eigenvalue weighted by atomic mass is 19.1. The molecule has 1 aromatic heterocycles. The summed E-state index contributed by atoms with van der Waals surface area (Å²) >= 11 is 0. The smallest absolute Gasteiger partial charge is 0.234 e. The highest BCUT2D eigenvalue weighted by Gasteiger charge is 2.27. The normalized spacial score (nSPS) is 17.1. The standard InChI is InChI=1S/C21H25FN4O2/c1-15-6-4-10-19(24-15)25-21(28)17-8-5-11-26(13-17)14-20(27)23-12-16-7-2-3-9-18(16)22/h2-4,6-7,9-10,17H,5,8,11-14H2,1H3,(H,23,27)(H,24,25,28). The third-order valence-electron chi connectivity index (χ3n) is 4.82. The van der Waals surface area contributed by atoms with Crippen LogP contribution in [0.2, 0.25) is 0 Å². The van der Waals surface area contributed by atoms with Gasteiger partial charge in [-0.1, -0.05) is 24.3 Å². The molecule has 0 aliphatic carbocycles. The van der Waals surface area contributed by atoms with E-state index in [2.05, 4.69) is 15.6 Å². The molecule has 0 radical (unpaired) electrons. The second-order valence-corrected chi connectivity index (χ2v) is 7.10. The number of rotatable bonds is 6. The zero-order chi connectivity index (χ0) is 19.9. The van der Waals surface area contributed by atoms with Crippen LogP contribution in [0.15, 0.2) is 42.5 Å². The lowest BCUT2D eigenvalue weighted by Gasteiger charge is -2.31. The van der Waals surface area contributed by atoms with Gasteiger partial charge in [-0.05, 0) is 44.5 Å². The van der Waals surface area contributed by atoms with E-state index in [1.54, 1.807) is 24.3 Å². The third-order valence-corrected chi connectivity index (χ3v) is 4.82. The number of hydrogen-bond donors (Lipinski definition) is 2. The van der Waals surface area contributed by atoms with Crippen LogP contribution in [0.3, 0.4) is 0 Å². The van der Waals surface area contributed by atoms with Crippen LogP contribution >= 0.6 is 0 Å². The first-order valence-electron chi connectivity index (χ1n) is 9.48. The van der Waals surface area contributed by atoms with Gasteiger partial charge in [0.1, 0.15) is 11.6 Å². The molecular weight excluding hydrogens is 359 g/mol. The number of carbonyl (C=O) groups excluding carboxylic acids is 2. The molecule has 2 heterocycles. The minimum absolute atomic E-state index is 0.0745. The van der Waals surface area contributed by atoms with Crippen molar-refractivity contribution in [1.82, 2.24) is 15.2 Å². The summed E-state index contributed by atoms with van der Waals surface area (Å²) in [6.45, 7) is 3.51. The van der Waals surface area contributed by atoms with Gasteiger partial charge in [0.05, 0.1) is 12.5 Å². The largest absolute Gasteiger partial charge is 0.351 e. The van der Waals surface area contributed by atoms with Crippen molar-refractivity contribution in [3.05, 3.63) is 59.5 Å². The summed E-state index contributed by atoms with van der Waals surface area (Å²) in [5, 5.41) is 5.61. The number of hydrogen-bond acceptors (Lipinski definition) is 4. The molecule has 1 aliphatic heterocycles. The van der Waals surface area contributed by atoms with E-state index in [1.807, 2.05) is 24.0 Å². The fraction of sp³-hybridized carbons (Fsp3) is 0.381. The number of nitrogens with one attached hydrogen (secondary N) is 2. The monoisotopic (exact) mass is 384 g/mol. The Morgan fingerprint density at radius 2 is 2.04 bits per heavy atom. The summed E-state index contributed by atoms with van der Waals surface area (Å²) < 4.78 is 13.6. The van der Waals surface area contributed by atoms with Crippen molar-refractivity contribution in [2.24, 2.45) is 5.92 Å². The van der Waals surface area contributed by atoms with Gasteiger partial charge in [-0.2, -0.15) is 0 Å². The molecule has 2 N–H and O–H groups in total. The summed E-state index contributed by atoms with van der Waals surface area (Å²) in [6, 6.07) is 11.9. The SMILES string of the molecule is Cc1cccc(NC(=O)C2CCCN(CC(=O)NCc3ccccc3F)C2)n1. The van der Waals surface area contributed by atoms with Gasteiger partial charge in [-0.3, -0.25) is 14.5 Å². The average molecular weight is 384 g/mol. The van der Waals surface area contributed by atoms with Gasteiger partial charge in [0.15, 0.2) is 0 Å². The minimum Gasteiger partial charge on any atom is -0.351 e. The van der Waals surface area contributed by atoms with Crippen LogP contribution in [-0.2, 0) is 16.1 Å². The van der Waals surface area contributed by atoms with E-state index in [-0.39, 0.29) is 36.6 Å². The van der Waals surface area contributed by atoms with Crippen LogP contribution in [0.4, 0.5) is 10.2 Å². The molecule has 0 spiro atoms. The molecule has 1 saturated heterocycles. The Balaban J connectivity index is 1.48. The van der Waals surface area contributed by atoms with Crippen molar-refractivity contribution in [3.63, 3.8) is 0 Å². The molecule has 6 nitrogen and oxygen atoms in total. The van der Waals surface area contributed by atoms with Crippen molar-refractivity contribution < 1.29 is 14.0 Å². The fourth-order valence-corrected chi connectivity index (χ4v) is 3.35. The first kappa shape index (κ1) is 19.9. The van der Waals surface area contributed by atoms with Gasteiger partial charge in [-0.25, -0.2) is 9.37 Å². The van der Waals surface area contributed by atoms with E-state index < -0.39 is 0 Å². The molecule has 2 amide bonds. The Kier molecular flexibility index (Phi) is 6.71. The summed E-state index contributed by atoms with van der Waals surface area (Å²) in [6.07, 6.45) is 1.63. The third kappa shape index (κ3) is 5.60. The lowest BCUT2D eigenvalue weighted by Crippen LogP contribution is -2.45. The van der Waals surface area contributed by atoms with Gasteiger partial charge in [0, 0.05) is 24.3 Å². The Bertz CT molecular complexity index is 843. The van der Waals surface area contributed by atoms with Crippen molar-refractivity contribution in [1.29, 1.82) is 0 Å². The predicted molar refractivity (Wildman–Crippen MR) is 105 cm³/mol. The van der Waals surface area contributed by atoms with Crippen LogP contribution in [-0.4, -0.2) is 41.3 Å². The highest BCUT2D eigenvalue weighted by Crippen LogP contribution is 2.18. The zero-order valence-electron chi connectivity index (χ0n) is 16.0. The van der Waals surface area contributed by atoms with Crippen LogP contribution in [0, 0.1) is 18.7 Å². The fourth-order valence-electron chi connectivity index (χ4n) is 3.35. The van der Waals surface area contributed by atoms with Gasteiger partial charge < -0.3 is 10.6 Å². The van der Waals surface area contributed by atoms with E-state index in [4.69, 9.17) is 0 Å². The molecule has 1 fully saturated rings. The molecule has 148 valence electrons. The number of amides is 2. The Labute approximate surface area is 164 Å². The van der Waals surface area contributed by atoms with Gasteiger partial charge in [0.2, 0.25) is 11.8 Å². The maximum absolute atomic E-state index is 13.6. The topological polar surface area (TPSA) is 74.3 Å². The van der Waals surface area contributed by atoms with Gasteiger partial charge >= 0.3 is 0 Å². The Morgan fingerprint density at radius 3 is 2.82 bits per heavy atom. The molecular formula is C21H25FN4O2. The number of halogens is 1. The van der Waals surface area contributed by atoms with Gasteiger partial charge in [-0.15, -0.1) is 0 Å². The molecule has 1 atom stereocenters. The zero-order valence-corrected chi connectivity index (χ0v) is 16.0. The van der Waals surface area contributed by atoms with Crippen molar-refractivity contribution in [3.8, 4) is 0 Å². The Hall–Kier alpha value is -2.80. The van der Waals surface area contributed by atoms with Crippen LogP contribution < -0.4 is 10.6 Å². The number of carbonyl (C=O) groups is 2. The number of aryl methyl sites for hydroxylation is 1. The molecule has 7 heteroatoms. The second-order valence-electron chi connectivity index (χ2n) is 7.10. The highest BCUT2D eigenvalue weighted by molar-refractivity contribution is 5.92. The van der Waals surface area contributed by atoms with Gasteiger partial charge in [0.25, 0.3) is 0 Å².